The highest BCUT2D eigenvalue weighted by Crippen LogP contribution is 2.35. The molecule has 2 aliphatic heterocycles. The number of nitrogens with one attached hydrogen (secondary N) is 2. The molecule has 2 atom stereocenters. The zero-order chi connectivity index (χ0) is 27.1. The first-order chi connectivity index (χ1) is 18.9. The van der Waals surface area contributed by atoms with Crippen LogP contribution in [0.15, 0.2) is 51.9 Å². The van der Waals surface area contributed by atoms with Crippen LogP contribution in [0.5, 0.6) is 0 Å². The standard InChI is InChI=1S/C29H32N6O4/c1-17-3-8-25(20-5-4-18-6-7-23(32-24(18)13-20)19-9-11-34(2)12-10-19)35(16-17)29(38)27(37)31-21-14-22-26(36)33-39-28(22)30-15-21/h4-7,13-15,17,19,25H,3,8-12,16H2,1-2H3,(H,31,37)(H,33,36)/t17-,25+/m0/s1. The lowest BCUT2D eigenvalue weighted by atomic mass is 9.89. The highest BCUT2D eigenvalue weighted by atomic mass is 16.5. The molecule has 2 saturated heterocycles. The van der Waals surface area contributed by atoms with Crippen molar-refractivity contribution in [1.29, 1.82) is 0 Å². The number of aromatic amines is 1. The van der Waals surface area contributed by atoms with E-state index in [1.54, 1.807) is 4.90 Å². The van der Waals surface area contributed by atoms with Gasteiger partial charge in [-0.1, -0.05) is 25.1 Å². The summed E-state index contributed by atoms with van der Waals surface area (Å²) in [5.41, 5.74) is 2.97. The van der Waals surface area contributed by atoms with Crippen LogP contribution in [0.1, 0.15) is 55.8 Å². The Morgan fingerprint density at radius 1 is 1.08 bits per heavy atom. The number of hydrogen-bond donors (Lipinski definition) is 2. The Kier molecular flexibility index (Phi) is 6.64. The van der Waals surface area contributed by atoms with E-state index < -0.39 is 17.4 Å². The minimum Gasteiger partial charge on any atom is -0.358 e. The molecule has 202 valence electrons. The van der Waals surface area contributed by atoms with Crippen molar-refractivity contribution in [3.05, 3.63) is 64.2 Å². The molecule has 4 aromatic rings. The number of hydrogen-bond acceptors (Lipinski definition) is 7. The first-order valence-corrected chi connectivity index (χ1v) is 13.5. The number of amides is 2. The quantitative estimate of drug-likeness (QED) is 0.388. The molecule has 10 heteroatoms. The number of rotatable bonds is 3. The van der Waals surface area contributed by atoms with E-state index in [9.17, 15) is 14.4 Å². The Labute approximate surface area is 225 Å². The van der Waals surface area contributed by atoms with Crippen LogP contribution in [0.2, 0.25) is 0 Å². The lowest BCUT2D eigenvalue weighted by Gasteiger charge is -2.38. The third-order valence-corrected chi connectivity index (χ3v) is 8.13. The van der Waals surface area contributed by atoms with Gasteiger partial charge >= 0.3 is 11.8 Å². The molecule has 3 aromatic heterocycles. The monoisotopic (exact) mass is 528 g/mol. The van der Waals surface area contributed by atoms with E-state index in [1.165, 1.54) is 12.3 Å². The van der Waals surface area contributed by atoms with Crippen LogP contribution in [0.4, 0.5) is 5.69 Å². The number of fused-ring (bicyclic) bond motifs is 2. The van der Waals surface area contributed by atoms with E-state index in [0.717, 1.165) is 60.9 Å². The number of carbonyl (C=O) groups excluding carboxylic acids is 2. The molecule has 39 heavy (non-hydrogen) atoms. The van der Waals surface area contributed by atoms with Gasteiger partial charge < -0.3 is 19.6 Å². The zero-order valence-electron chi connectivity index (χ0n) is 22.1. The predicted molar refractivity (Wildman–Crippen MR) is 147 cm³/mol. The summed E-state index contributed by atoms with van der Waals surface area (Å²) >= 11 is 0. The largest absolute Gasteiger partial charge is 0.358 e. The average molecular weight is 529 g/mol. The van der Waals surface area contributed by atoms with Gasteiger partial charge in [0.25, 0.3) is 11.3 Å². The van der Waals surface area contributed by atoms with Gasteiger partial charge in [-0.15, -0.1) is 0 Å². The van der Waals surface area contributed by atoms with Gasteiger partial charge in [0.1, 0.15) is 5.39 Å². The molecule has 6 rings (SSSR count). The van der Waals surface area contributed by atoms with Gasteiger partial charge in [-0.25, -0.2) is 4.98 Å². The smallest absolute Gasteiger partial charge is 0.313 e. The van der Waals surface area contributed by atoms with Crippen LogP contribution < -0.4 is 10.9 Å². The molecule has 2 fully saturated rings. The molecule has 0 spiro atoms. The van der Waals surface area contributed by atoms with Crippen molar-refractivity contribution in [2.75, 3.05) is 32.0 Å². The maximum absolute atomic E-state index is 13.5. The van der Waals surface area contributed by atoms with Crippen LogP contribution >= 0.6 is 0 Å². The number of piperidine rings is 2. The Morgan fingerprint density at radius 3 is 2.69 bits per heavy atom. The minimum atomic E-state index is -0.765. The first-order valence-electron chi connectivity index (χ1n) is 13.5. The Bertz CT molecular complexity index is 1600. The zero-order valence-corrected chi connectivity index (χ0v) is 22.1. The van der Waals surface area contributed by atoms with Crippen molar-refractivity contribution in [2.24, 2.45) is 5.92 Å². The maximum Gasteiger partial charge on any atom is 0.313 e. The molecular formula is C29H32N6O4. The molecule has 0 radical (unpaired) electrons. The number of aromatic nitrogens is 3. The number of anilines is 1. The predicted octanol–water partition coefficient (Wildman–Crippen LogP) is 3.81. The van der Waals surface area contributed by atoms with Crippen molar-refractivity contribution in [3.63, 3.8) is 0 Å². The van der Waals surface area contributed by atoms with Crippen LogP contribution in [0.25, 0.3) is 22.0 Å². The number of benzene rings is 1. The van der Waals surface area contributed by atoms with Gasteiger partial charge in [-0.2, -0.15) is 5.16 Å². The fourth-order valence-electron chi connectivity index (χ4n) is 5.84. The summed E-state index contributed by atoms with van der Waals surface area (Å²) in [6.45, 7) is 4.72. The third kappa shape index (κ3) is 5.04. The molecule has 0 aliphatic carbocycles. The summed E-state index contributed by atoms with van der Waals surface area (Å²) in [6.07, 6.45) is 5.28. The molecule has 10 nitrogen and oxygen atoms in total. The van der Waals surface area contributed by atoms with Gasteiger partial charge in [0.2, 0.25) is 0 Å². The highest BCUT2D eigenvalue weighted by Gasteiger charge is 2.34. The second-order valence-corrected chi connectivity index (χ2v) is 11.0. The number of likely N-dealkylation sites (tertiary alicyclic amines) is 2. The summed E-state index contributed by atoms with van der Waals surface area (Å²) < 4.78 is 4.96. The lowest BCUT2D eigenvalue weighted by molar-refractivity contribution is -0.146. The van der Waals surface area contributed by atoms with E-state index in [0.29, 0.717) is 12.5 Å². The summed E-state index contributed by atoms with van der Waals surface area (Å²) in [4.78, 5) is 51.5. The summed E-state index contributed by atoms with van der Waals surface area (Å²) in [5.74, 6) is -0.646. The van der Waals surface area contributed by atoms with Gasteiger partial charge in [0.15, 0.2) is 0 Å². The summed E-state index contributed by atoms with van der Waals surface area (Å²) in [6, 6.07) is 11.7. The fraction of sp³-hybridized carbons (Fsp3) is 0.414. The van der Waals surface area contributed by atoms with Gasteiger partial charge in [0, 0.05) is 23.5 Å². The Hall–Kier alpha value is -4.05. The molecule has 2 N–H and O–H groups in total. The molecule has 0 unspecified atom stereocenters. The molecule has 1 aromatic carbocycles. The number of nitrogens with zero attached hydrogens (tertiary/aromatic N) is 4. The van der Waals surface area contributed by atoms with Crippen molar-refractivity contribution in [2.45, 2.75) is 44.6 Å². The maximum atomic E-state index is 13.5. The average Bonchev–Trinajstić information content (AvgIpc) is 3.32. The number of carbonyl (C=O) groups is 2. The first kappa shape index (κ1) is 25.2. The van der Waals surface area contributed by atoms with Gasteiger partial charge in [-0.3, -0.25) is 19.4 Å². The van der Waals surface area contributed by atoms with Crippen LogP contribution in [-0.2, 0) is 9.59 Å². The second-order valence-electron chi connectivity index (χ2n) is 11.0. The summed E-state index contributed by atoms with van der Waals surface area (Å²) in [5, 5.41) is 6.08. The molecule has 0 saturated carbocycles. The van der Waals surface area contributed by atoms with E-state index >= 15 is 0 Å². The molecule has 2 aliphatic rings. The molecule has 2 amide bonds. The van der Waals surface area contributed by atoms with Crippen molar-refractivity contribution < 1.29 is 14.1 Å². The van der Waals surface area contributed by atoms with Crippen LogP contribution in [0.3, 0.4) is 0 Å². The van der Waals surface area contributed by atoms with Crippen molar-refractivity contribution in [1.82, 2.24) is 24.9 Å². The van der Waals surface area contributed by atoms with E-state index in [1.807, 2.05) is 6.07 Å². The van der Waals surface area contributed by atoms with Crippen LogP contribution in [0, 0.1) is 5.92 Å². The van der Waals surface area contributed by atoms with Gasteiger partial charge in [-0.05, 0) is 75.5 Å². The minimum absolute atomic E-state index is 0.137. The molecular weight excluding hydrogens is 496 g/mol. The second kappa shape index (κ2) is 10.3. The summed E-state index contributed by atoms with van der Waals surface area (Å²) in [7, 11) is 2.16. The van der Waals surface area contributed by atoms with Gasteiger partial charge in [0.05, 0.1) is 23.4 Å². The van der Waals surface area contributed by atoms with Crippen molar-refractivity contribution in [3.8, 4) is 0 Å². The molecule has 5 heterocycles. The van der Waals surface area contributed by atoms with E-state index in [-0.39, 0.29) is 28.7 Å². The highest BCUT2D eigenvalue weighted by molar-refractivity contribution is 6.39. The lowest BCUT2D eigenvalue weighted by Crippen LogP contribution is -2.46. The topological polar surface area (TPSA) is 124 Å². The van der Waals surface area contributed by atoms with E-state index in [2.05, 4.69) is 58.6 Å². The normalized spacial score (nSPS) is 20.9. The molecule has 0 bridgehead atoms. The Balaban J connectivity index is 1.25. The third-order valence-electron chi connectivity index (χ3n) is 8.13. The Morgan fingerprint density at radius 2 is 1.87 bits per heavy atom. The number of H-pyrrole nitrogens is 1. The fourth-order valence-corrected chi connectivity index (χ4v) is 5.84. The SMILES string of the molecule is C[C@H]1CC[C@H](c2ccc3ccc(C4CCN(C)CC4)nc3c2)N(C(=O)C(=O)Nc2cnc3o[nH]c(=O)c3c2)C1. The van der Waals surface area contributed by atoms with E-state index in [4.69, 9.17) is 9.51 Å². The number of pyridine rings is 2. The van der Waals surface area contributed by atoms with Crippen LogP contribution in [-0.4, -0.2) is 63.4 Å². The van der Waals surface area contributed by atoms with Crippen molar-refractivity contribution >= 4 is 39.5 Å².